The Bertz CT molecular complexity index is 516. The van der Waals surface area contributed by atoms with Crippen LogP contribution >= 0.6 is 15.9 Å². The molecule has 0 spiro atoms. The highest BCUT2D eigenvalue weighted by molar-refractivity contribution is 9.10. The van der Waals surface area contributed by atoms with Crippen LogP contribution in [0.2, 0.25) is 0 Å². The standard InChI is InChI=1S/C10H8BrNO2/c1-12-8-5-7(11)3-2-6(8)4-9(12)10(13)14/h2-5H,1H3,(H,13,14). The second-order valence-corrected chi connectivity index (χ2v) is 4.01. The Labute approximate surface area is 89.1 Å². The summed E-state index contributed by atoms with van der Waals surface area (Å²) in [6.45, 7) is 0. The number of nitrogens with zero attached hydrogens (tertiary/aromatic N) is 1. The molecule has 0 aliphatic carbocycles. The van der Waals surface area contributed by atoms with Gasteiger partial charge in [-0.15, -0.1) is 0 Å². The first-order chi connectivity index (χ1) is 6.59. The third-order valence-electron chi connectivity index (χ3n) is 2.23. The predicted molar refractivity (Wildman–Crippen MR) is 57.6 cm³/mol. The Morgan fingerprint density at radius 3 is 2.79 bits per heavy atom. The van der Waals surface area contributed by atoms with Crippen molar-refractivity contribution in [3.8, 4) is 0 Å². The molecule has 0 radical (unpaired) electrons. The number of carboxylic acid groups (broad SMARTS) is 1. The molecule has 2 aromatic rings. The Hall–Kier alpha value is -1.29. The van der Waals surface area contributed by atoms with Crippen molar-refractivity contribution in [2.24, 2.45) is 7.05 Å². The van der Waals surface area contributed by atoms with Crippen LogP contribution in [-0.2, 0) is 7.05 Å². The number of benzene rings is 1. The molecule has 0 amide bonds. The minimum Gasteiger partial charge on any atom is -0.477 e. The van der Waals surface area contributed by atoms with Gasteiger partial charge in [0.2, 0.25) is 0 Å². The number of aromatic nitrogens is 1. The van der Waals surface area contributed by atoms with Gasteiger partial charge in [-0.1, -0.05) is 22.0 Å². The quantitative estimate of drug-likeness (QED) is 0.849. The maximum Gasteiger partial charge on any atom is 0.352 e. The molecule has 0 aliphatic heterocycles. The molecule has 72 valence electrons. The van der Waals surface area contributed by atoms with Crippen molar-refractivity contribution in [2.45, 2.75) is 0 Å². The van der Waals surface area contributed by atoms with E-state index in [-0.39, 0.29) is 0 Å². The minimum absolute atomic E-state index is 0.304. The molecule has 0 fully saturated rings. The van der Waals surface area contributed by atoms with Crippen LogP contribution in [0.1, 0.15) is 10.5 Å². The smallest absolute Gasteiger partial charge is 0.352 e. The summed E-state index contributed by atoms with van der Waals surface area (Å²) in [5, 5.41) is 9.84. The van der Waals surface area contributed by atoms with Gasteiger partial charge in [-0.05, 0) is 18.2 Å². The summed E-state index contributed by atoms with van der Waals surface area (Å²) in [4.78, 5) is 10.8. The number of hydrogen-bond acceptors (Lipinski definition) is 1. The molecule has 3 nitrogen and oxygen atoms in total. The molecule has 14 heavy (non-hydrogen) atoms. The lowest BCUT2D eigenvalue weighted by Gasteiger charge is -1.99. The summed E-state index contributed by atoms with van der Waals surface area (Å²) in [6.07, 6.45) is 0. The van der Waals surface area contributed by atoms with Gasteiger partial charge in [0.1, 0.15) is 5.69 Å². The highest BCUT2D eigenvalue weighted by atomic mass is 79.9. The summed E-state index contributed by atoms with van der Waals surface area (Å²) >= 11 is 3.35. The van der Waals surface area contributed by atoms with E-state index in [1.54, 1.807) is 17.7 Å². The van der Waals surface area contributed by atoms with Gasteiger partial charge < -0.3 is 9.67 Å². The first-order valence-corrected chi connectivity index (χ1v) is 4.87. The zero-order valence-electron chi connectivity index (χ0n) is 7.49. The number of fused-ring (bicyclic) bond motifs is 1. The second-order valence-electron chi connectivity index (χ2n) is 3.10. The molecular formula is C10H8BrNO2. The number of rotatable bonds is 1. The van der Waals surface area contributed by atoms with Gasteiger partial charge in [-0.25, -0.2) is 4.79 Å². The molecule has 0 unspecified atom stereocenters. The van der Waals surface area contributed by atoms with Gasteiger partial charge in [0.05, 0.1) is 0 Å². The molecule has 4 heteroatoms. The maximum atomic E-state index is 10.8. The molecule has 2 rings (SSSR count). The zero-order chi connectivity index (χ0) is 10.3. The van der Waals surface area contributed by atoms with E-state index in [1.165, 1.54) is 0 Å². The fourth-order valence-corrected chi connectivity index (χ4v) is 1.86. The molecule has 1 heterocycles. The highest BCUT2D eigenvalue weighted by Crippen LogP contribution is 2.22. The Morgan fingerprint density at radius 2 is 2.14 bits per heavy atom. The van der Waals surface area contributed by atoms with Crippen molar-refractivity contribution < 1.29 is 9.90 Å². The third kappa shape index (κ3) is 1.32. The number of hydrogen-bond donors (Lipinski definition) is 1. The van der Waals surface area contributed by atoms with Crippen LogP contribution in [0.3, 0.4) is 0 Å². The fourth-order valence-electron chi connectivity index (χ4n) is 1.51. The van der Waals surface area contributed by atoms with E-state index in [0.717, 1.165) is 15.4 Å². The summed E-state index contributed by atoms with van der Waals surface area (Å²) < 4.78 is 2.62. The molecule has 0 saturated carbocycles. The Morgan fingerprint density at radius 1 is 1.43 bits per heavy atom. The van der Waals surface area contributed by atoms with Crippen LogP contribution in [0.4, 0.5) is 0 Å². The normalized spacial score (nSPS) is 10.7. The van der Waals surface area contributed by atoms with E-state index >= 15 is 0 Å². The fraction of sp³-hybridized carbons (Fsp3) is 0.100. The molecule has 0 aliphatic rings. The van der Waals surface area contributed by atoms with E-state index < -0.39 is 5.97 Å². The largest absolute Gasteiger partial charge is 0.477 e. The SMILES string of the molecule is Cn1c(C(=O)O)cc2ccc(Br)cc21. The molecule has 0 bridgehead atoms. The van der Waals surface area contributed by atoms with Crippen LogP contribution in [0.25, 0.3) is 10.9 Å². The second kappa shape index (κ2) is 3.13. The van der Waals surface area contributed by atoms with Crippen molar-refractivity contribution in [2.75, 3.05) is 0 Å². The summed E-state index contributed by atoms with van der Waals surface area (Å²) in [5.41, 5.74) is 1.22. The van der Waals surface area contributed by atoms with E-state index in [1.807, 2.05) is 18.2 Å². The van der Waals surface area contributed by atoms with Gasteiger partial charge in [0.15, 0.2) is 0 Å². The summed E-state index contributed by atoms with van der Waals surface area (Å²) in [7, 11) is 1.75. The van der Waals surface area contributed by atoms with Crippen molar-refractivity contribution in [3.05, 3.63) is 34.4 Å². The Kier molecular flexibility index (Phi) is 2.07. The number of aromatic carboxylic acids is 1. The van der Waals surface area contributed by atoms with E-state index in [0.29, 0.717) is 5.69 Å². The van der Waals surface area contributed by atoms with Gasteiger partial charge in [0.25, 0.3) is 0 Å². The molecule has 1 aromatic heterocycles. The molecule has 0 atom stereocenters. The Balaban J connectivity index is 2.80. The van der Waals surface area contributed by atoms with Crippen molar-refractivity contribution in [1.29, 1.82) is 0 Å². The number of carboxylic acids is 1. The predicted octanol–water partition coefficient (Wildman–Crippen LogP) is 2.64. The first-order valence-electron chi connectivity index (χ1n) is 4.08. The van der Waals surface area contributed by atoms with Crippen LogP contribution in [0.15, 0.2) is 28.7 Å². The summed E-state index contributed by atoms with van der Waals surface area (Å²) in [5.74, 6) is -0.903. The number of carbonyl (C=O) groups is 1. The lowest BCUT2D eigenvalue weighted by Crippen LogP contribution is -2.03. The monoisotopic (exact) mass is 253 g/mol. The van der Waals surface area contributed by atoms with E-state index in [9.17, 15) is 4.79 Å². The molecule has 0 saturated heterocycles. The first kappa shape index (κ1) is 9.27. The van der Waals surface area contributed by atoms with Crippen LogP contribution in [0.5, 0.6) is 0 Å². The zero-order valence-corrected chi connectivity index (χ0v) is 9.08. The minimum atomic E-state index is -0.903. The van der Waals surface area contributed by atoms with E-state index in [2.05, 4.69) is 15.9 Å². The van der Waals surface area contributed by atoms with Crippen LogP contribution in [-0.4, -0.2) is 15.6 Å². The topological polar surface area (TPSA) is 42.2 Å². The van der Waals surface area contributed by atoms with Crippen molar-refractivity contribution >= 4 is 32.8 Å². The molecule has 1 aromatic carbocycles. The molecular weight excluding hydrogens is 246 g/mol. The van der Waals surface area contributed by atoms with E-state index in [4.69, 9.17) is 5.11 Å². The lowest BCUT2D eigenvalue weighted by molar-refractivity contribution is 0.0687. The van der Waals surface area contributed by atoms with Gasteiger partial charge in [-0.2, -0.15) is 0 Å². The van der Waals surface area contributed by atoms with Gasteiger partial charge >= 0.3 is 5.97 Å². The highest BCUT2D eigenvalue weighted by Gasteiger charge is 2.11. The average molecular weight is 254 g/mol. The average Bonchev–Trinajstić information content (AvgIpc) is 2.44. The number of aryl methyl sites for hydroxylation is 1. The number of halogens is 1. The van der Waals surface area contributed by atoms with Crippen molar-refractivity contribution in [1.82, 2.24) is 4.57 Å². The molecule has 1 N–H and O–H groups in total. The summed E-state index contributed by atoms with van der Waals surface area (Å²) in [6, 6.07) is 7.37. The van der Waals surface area contributed by atoms with Crippen LogP contribution in [0, 0.1) is 0 Å². The maximum absolute atomic E-state index is 10.8. The van der Waals surface area contributed by atoms with Gasteiger partial charge in [-0.3, -0.25) is 0 Å². The van der Waals surface area contributed by atoms with Gasteiger partial charge in [0, 0.05) is 22.4 Å². The lowest BCUT2D eigenvalue weighted by atomic mass is 10.2. The van der Waals surface area contributed by atoms with Crippen LogP contribution < -0.4 is 0 Å². The van der Waals surface area contributed by atoms with Crippen molar-refractivity contribution in [3.63, 3.8) is 0 Å². The third-order valence-corrected chi connectivity index (χ3v) is 2.72.